The molecule has 0 aliphatic carbocycles. The highest BCUT2D eigenvalue weighted by Crippen LogP contribution is 2.27. The maximum atomic E-state index is 11.4. The van der Waals surface area contributed by atoms with Gasteiger partial charge in [-0.1, -0.05) is 63.7 Å². The van der Waals surface area contributed by atoms with Crippen molar-refractivity contribution < 1.29 is 25.2 Å². The summed E-state index contributed by atoms with van der Waals surface area (Å²) in [4.78, 5) is -0.939. The van der Waals surface area contributed by atoms with Gasteiger partial charge in [0, 0.05) is 10.7 Å². The molecule has 4 atom stereocenters. The van der Waals surface area contributed by atoms with Crippen LogP contribution in [0.5, 0.6) is 0 Å². The standard InChI is InChI=1S/C8H14Br4O6S2/c1-19(13,14)17-7(5(11)3-9)8(6(12)4-10)18-20(2,15)16/h5-8H,3-4H2,1-2H3/t5-,6+,7-,8-/m1/s1. The molecule has 0 amide bonds. The van der Waals surface area contributed by atoms with Gasteiger partial charge in [-0.2, -0.15) is 16.8 Å². The van der Waals surface area contributed by atoms with Gasteiger partial charge in [0.1, 0.15) is 12.2 Å². The summed E-state index contributed by atoms with van der Waals surface area (Å²) in [5.74, 6) is 0. The van der Waals surface area contributed by atoms with Crippen molar-refractivity contribution >= 4 is 84.0 Å². The summed E-state index contributed by atoms with van der Waals surface area (Å²) < 4.78 is 55.4. The molecule has 0 aliphatic heterocycles. The predicted molar refractivity (Wildman–Crippen MR) is 92.5 cm³/mol. The van der Waals surface area contributed by atoms with Crippen molar-refractivity contribution in [3.63, 3.8) is 0 Å². The lowest BCUT2D eigenvalue weighted by Crippen LogP contribution is -2.46. The van der Waals surface area contributed by atoms with Crippen molar-refractivity contribution in [1.29, 1.82) is 0 Å². The first-order valence-electron chi connectivity index (χ1n) is 5.08. The van der Waals surface area contributed by atoms with Crippen LogP contribution in [-0.4, -0.2) is 61.9 Å². The van der Waals surface area contributed by atoms with Crippen LogP contribution in [0.4, 0.5) is 0 Å². The van der Waals surface area contributed by atoms with E-state index in [-0.39, 0.29) is 0 Å². The second-order valence-electron chi connectivity index (χ2n) is 3.87. The van der Waals surface area contributed by atoms with Gasteiger partial charge in [-0.25, -0.2) is 0 Å². The Bertz CT molecular complexity index is 447. The molecule has 6 nitrogen and oxygen atoms in total. The summed E-state index contributed by atoms with van der Waals surface area (Å²) in [5.41, 5.74) is 0. The summed E-state index contributed by atoms with van der Waals surface area (Å²) in [6.07, 6.45) is -0.270. The van der Waals surface area contributed by atoms with E-state index in [0.29, 0.717) is 10.7 Å². The van der Waals surface area contributed by atoms with Crippen LogP contribution in [0, 0.1) is 0 Å². The van der Waals surface area contributed by atoms with Crippen LogP contribution < -0.4 is 0 Å². The lowest BCUT2D eigenvalue weighted by Gasteiger charge is -2.30. The second-order valence-corrected chi connectivity index (χ2v) is 10.7. The molecular weight excluding hydrogens is 576 g/mol. The van der Waals surface area contributed by atoms with Crippen molar-refractivity contribution in [2.24, 2.45) is 0 Å². The topological polar surface area (TPSA) is 86.7 Å². The first-order valence-corrected chi connectivity index (χ1v) is 12.8. The van der Waals surface area contributed by atoms with Gasteiger partial charge in [0.2, 0.25) is 0 Å². The summed E-state index contributed by atoms with van der Waals surface area (Å²) in [6, 6.07) is 0. The third kappa shape index (κ3) is 9.01. The van der Waals surface area contributed by atoms with Crippen LogP contribution in [0.1, 0.15) is 0 Å². The fourth-order valence-corrected chi connectivity index (χ4v) is 4.36. The number of rotatable bonds is 9. The summed E-state index contributed by atoms with van der Waals surface area (Å²) in [6.45, 7) is 0. The first-order chi connectivity index (χ1) is 8.91. The number of halogens is 4. The van der Waals surface area contributed by atoms with Crippen molar-refractivity contribution in [2.75, 3.05) is 23.2 Å². The van der Waals surface area contributed by atoms with E-state index < -0.39 is 42.1 Å². The molecule has 0 rings (SSSR count). The molecule has 0 aromatic rings. The van der Waals surface area contributed by atoms with Crippen LogP contribution in [0.25, 0.3) is 0 Å². The molecule has 0 radical (unpaired) electrons. The highest BCUT2D eigenvalue weighted by molar-refractivity contribution is 9.12. The first kappa shape index (κ1) is 21.7. The molecule has 0 N–H and O–H groups in total. The molecule has 0 aromatic heterocycles. The van der Waals surface area contributed by atoms with Crippen LogP contribution in [0.3, 0.4) is 0 Å². The zero-order chi connectivity index (χ0) is 16.1. The molecule has 0 saturated heterocycles. The molecule has 0 unspecified atom stereocenters. The largest absolute Gasteiger partial charge is 0.264 e. The Balaban J connectivity index is 5.49. The van der Waals surface area contributed by atoms with E-state index in [1.54, 1.807) is 0 Å². The van der Waals surface area contributed by atoms with Crippen molar-refractivity contribution in [3.8, 4) is 0 Å². The molecule has 0 spiro atoms. The lowest BCUT2D eigenvalue weighted by atomic mass is 10.1. The van der Waals surface area contributed by atoms with E-state index in [4.69, 9.17) is 8.37 Å². The Morgan fingerprint density at radius 2 is 1.05 bits per heavy atom. The molecule has 0 fully saturated rings. The summed E-state index contributed by atoms with van der Waals surface area (Å²) in [5, 5.41) is 0.692. The monoisotopic (exact) mass is 586 g/mol. The highest BCUT2D eigenvalue weighted by Gasteiger charge is 2.38. The smallest absolute Gasteiger partial charge is 0.263 e. The van der Waals surface area contributed by atoms with Crippen molar-refractivity contribution in [2.45, 2.75) is 21.9 Å². The van der Waals surface area contributed by atoms with Gasteiger partial charge in [0.15, 0.2) is 0 Å². The number of alkyl halides is 4. The van der Waals surface area contributed by atoms with Gasteiger partial charge in [-0.15, -0.1) is 0 Å². The molecule has 0 bridgehead atoms. The summed E-state index contributed by atoms with van der Waals surface area (Å²) >= 11 is 12.9. The molecule has 0 heterocycles. The fraction of sp³-hybridized carbons (Fsp3) is 1.00. The molecule has 0 saturated carbocycles. The van der Waals surface area contributed by atoms with E-state index in [2.05, 4.69) is 63.7 Å². The fourth-order valence-electron chi connectivity index (χ4n) is 1.22. The van der Waals surface area contributed by atoms with Crippen molar-refractivity contribution in [1.82, 2.24) is 0 Å². The Hall–Kier alpha value is 1.74. The van der Waals surface area contributed by atoms with Crippen molar-refractivity contribution in [3.05, 3.63) is 0 Å². The molecule has 0 aliphatic rings. The van der Waals surface area contributed by atoms with E-state index in [1.807, 2.05) is 0 Å². The average molecular weight is 590 g/mol. The Morgan fingerprint density at radius 3 is 1.20 bits per heavy atom. The van der Waals surface area contributed by atoms with E-state index in [1.165, 1.54) is 0 Å². The average Bonchev–Trinajstić information content (AvgIpc) is 2.29. The van der Waals surface area contributed by atoms with Gasteiger partial charge in [-0.05, 0) is 0 Å². The normalized spacial score (nSPS) is 19.3. The van der Waals surface area contributed by atoms with E-state index in [0.717, 1.165) is 12.5 Å². The van der Waals surface area contributed by atoms with Crippen LogP contribution in [0.2, 0.25) is 0 Å². The maximum Gasteiger partial charge on any atom is 0.264 e. The zero-order valence-electron chi connectivity index (χ0n) is 10.5. The molecule has 12 heteroatoms. The Kier molecular flexibility index (Phi) is 9.93. The zero-order valence-corrected chi connectivity index (χ0v) is 18.5. The van der Waals surface area contributed by atoms with Gasteiger partial charge in [-0.3, -0.25) is 8.37 Å². The van der Waals surface area contributed by atoms with Gasteiger partial charge < -0.3 is 0 Å². The van der Waals surface area contributed by atoms with Crippen LogP contribution >= 0.6 is 63.7 Å². The summed E-state index contributed by atoms with van der Waals surface area (Å²) in [7, 11) is -7.57. The van der Waals surface area contributed by atoms with Gasteiger partial charge in [0.25, 0.3) is 20.2 Å². The number of hydrogen-bond donors (Lipinski definition) is 0. The third-order valence-electron chi connectivity index (χ3n) is 1.90. The molecular formula is C8H14Br4O6S2. The Labute approximate surface area is 153 Å². The number of hydrogen-bond acceptors (Lipinski definition) is 6. The highest BCUT2D eigenvalue weighted by atomic mass is 79.9. The predicted octanol–water partition coefficient (Wildman–Crippen LogP) is 1.99. The van der Waals surface area contributed by atoms with Gasteiger partial charge >= 0.3 is 0 Å². The minimum Gasteiger partial charge on any atom is -0.263 e. The third-order valence-corrected chi connectivity index (χ3v) is 7.87. The minimum atomic E-state index is -3.78. The van der Waals surface area contributed by atoms with E-state index in [9.17, 15) is 16.8 Å². The van der Waals surface area contributed by atoms with Crippen LogP contribution in [-0.2, 0) is 28.6 Å². The SMILES string of the molecule is CS(=O)(=O)O[C@@H]([C@H](OS(C)(=O)=O)[C@@H](Br)CBr)[C@H](Br)CBr. The second kappa shape index (κ2) is 9.14. The molecule has 0 aromatic carbocycles. The molecule has 122 valence electrons. The van der Waals surface area contributed by atoms with Gasteiger partial charge in [0.05, 0.1) is 22.2 Å². The minimum absolute atomic E-state index is 0.346. The molecule has 20 heavy (non-hydrogen) atoms. The van der Waals surface area contributed by atoms with Crippen LogP contribution in [0.15, 0.2) is 0 Å². The van der Waals surface area contributed by atoms with E-state index >= 15 is 0 Å². The lowest BCUT2D eigenvalue weighted by molar-refractivity contribution is 0.0702. The quantitative estimate of drug-likeness (QED) is 0.302. The maximum absolute atomic E-state index is 11.4. The Morgan fingerprint density at radius 1 is 0.800 bits per heavy atom.